The lowest BCUT2D eigenvalue weighted by Crippen LogP contribution is -2.48. The lowest BCUT2D eigenvalue weighted by molar-refractivity contribution is -0.134. The highest BCUT2D eigenvalue weighted by atomic mass is 35.5. The van der Waals surface area contributed by atoms with Gasteiger partial charge >= 0.3 is 0 Å². The molecule has 2 amide bonds. The van der Waals surface area contributed by atoms with Crippen molar-refractivity contribution < 1.29 is 14.3 Å². The van der Waals surface area contributed by atoms with Crippen molar-refractivity contribution in [3.05, 3.63) is 29.3 Å². The van der Waals surface area contributed by atoms with E-state index in [1.807, 2.05) is 13.8 Å². The molecule has 6 heteroatoms. The molecule has 0 atom stereocenters. The fourth-order valence-corrected chi connectivity index (χ4v) is 2.53. The first-order valence-electron chi connectivity index (χ1n) is 7.92. The van der Waals surface area contributed by atoms with Gasteiger partial charge in [0.05, 0.1) is 0 Å². The Morgan fingerprint density at radius 3 is 2.43 bits per heavy atom. The molecule has 1 fully saturated rings. The normalized spacial score (nSPS) is 15.6. The molecule has 0 aliphatic carbocycles. The Bertz CT molecular complexity index is 537. The number of carbonyl (C=O) groups excluding carboxylic acids is 2. The van der Waals surface area contributed by atoms with Gasteiger partial charge < -0.3 is 15.0 Å². The molecule has 0 aromatic heterocycles. The summed E-state index contributed by atoms with van der Waals surface area (Å²) in [5.41, 5.74) is 0. The van der Waals surface area contributed by atoms with Crippen molar-refractivity contribution in [2.45, 2.75) is 32.7 Å². The zero-order valence-corrected chi connectivity index (χ0v) is 14.3. The number of hydrogen-bond acceptors (Lipinski definition) is 3. The maximum Gasteiger partial charge on any atom is 0.260 e. The average Bonchev–Trinajstić information content (AvgIpc) is 2.54. The molecule has 2 rings (SSSR count). The minimum absolute atomic E-state index is 0.0116. The van der Waals surface area contributed by atoms with Gasteiger partial charge in [0.2, 0.25) is 5.91 Å². The fourth-order valence-electron chi connectivity index (χ4n) is 2.41. The van der Waals surface area contributed by atoms with Crippen LogP contribution in [0.2, 0.25) is 5.02 Å². The lowest BCUT2D eigenvalue weighted by atomic mass is 10.0. The Morgan fingerprint density at radius 1 is 1.26 bits per heavy atom. The standard InChI is InChI=1S/C17H23ClN2O3/c1-12(2)17(22)19-14-7-9-20(10-8-14)16(21)11-23-15-5-3-13(18)4-6-15/h3-6,12,14H,7-11H2,1-2H3,(H,19,22). The van der Waals surface area contributed by atoms with Gasteiger partial charge in [-0.05, 0) is 37.1 Å². The molecule has 1 aliphatic heterocycles. The molecule has 1 heterocycles. The Morgan fingerprint density at radius 2 is 1.87 bits per heavy atom. The lowest BCUT2D eigenvalue weighted by Gasteiger charge is -2.32. The smallest absolute Gasteiger partial charge is 0.260 e. The summed E-state index contributed by atoms with van der Waals surface area (Å²) in [7, 11) is 0. The second-order valence-electron chi connectivity index (χ2n) is 6.06. The highest BCUT2D eigenvalue weighted by molar-refractivity contribution is 6.30. The average molecular weight is 339 g/mol. The van der Waals surface area contributed by atoms with Crippen molar-refractivity contribution in [1.82, 2.24) is 10.2 Å². The Kier molecular flexibility index (Phi) is 6.28. The number of rotatable bonds is 5. The van der Waals surface area contributed by atoms with Gasteiger partial charge in [-0.25, -0.2) is 0 Å². The minimum atomic E-state index is -0.0337. The van der Waals surface area contributed by atoms with Crippen LogP contribution in [0.5, 0.6) is 5.75 Å². The number of ether oxygens (including phenoxy) is 1. The van der Waals surface area contributed by atoms with Crippen molar-refractivity contribution in [1.29, 1.82) is 0 Å². The van der Waals surface area contributed by atoms with Gasteiger partial charge in [-0.1, -0.05) is 25.4 Å². The predicted molar refractivity (Wildman–Crippen MR) is 89.5 cm³/mol. The minimum Gasteiger partial charge on any atom is -0.484 e. The van der Waals surface area contributed by atoms with Crippen LogP contribution in [-0.2, 0) is 9.59 Å². The van der Waals surface area contributed by atoms with Gasteiger partial charge in [0.25, 0.3) is 5.91 Å². The van der Waals surface area contributed by atoms with E-state index < -0.39 is 0 Å². The molecule has 0 spiro atoms. The van der Waals surface area contributed by atoms with Crippen LogP contribution < -0.4 is 10.1 Å². The van der Waals surface area contributed by atoms with E-state index >= 15 is 0 Å². The van der Waals surface area contributed by atoms with Gasteiger partial charge in [-0.2, -0.15) is 0 Å². The van der Waals surface area contributed by atoms with Crippen LogP contribution in [-0.4, -0.2) is 42.5 Å². The van der Waals surface area contributed by atoms with Crippen LogP contribution >= 0.6 is 11.6 Å². The van der Waals surface area contributed by atoms with Gasteiger partial charge in [0.15, 0.2) is 6.61 Å². The third kappa shape index (κ3) is 5.43. The van der Waals surface area contributed by atoms with Crippen LogP contribution in [0.3, 0.4) is 0 Å². The molecule has 23 heavy (non-hydrogen) atoms. The van der Waals surface area contributed by atoms with Crippen LogP contribution in [0.15, 0.2) is 24.3 Å². The van der Waals surface area contributed by atoms with Gasteiger partial charge in [0, 0.05) is 30.1 Å². The summed E-state index contributed by atoms with van der Waals surface area (Å²) < 4.78 is 5.48. The second kappa shape index (κ2) is 8.20. The van der Waals surface area contributed by atoms with E-state index in [1.165, 1.54) is 0 Å². The number of halogens is 1. The Balaban J connectivity index is 1.73. The monoisotopic (exact) mass is 338 g/mol. The fraction of sp³-hybridized carbons (Fsp3) is 0.529. The van der Waals surface area contributed by atoms with Crippen LogP contribution in [0.25, 0.3) is 0 Å². The summed E-state index contributed by atoms with van der Waals surface area (Å²) in [6.45, 7) is 5.06. The van der Waals surface area contributed by atoms with Gasteiger partial charge in [0.1, 0.15) is 5.75 Å². The van der Waals surface area contributed by atoms with Crippen molar-refractivity contribution >= 4 is 23.4 Å². The van der Waals surface area contributed by atoms with Crippen LogP contribution in [0.4, 0.5) is 0 Å². The van der Waals surface area contributed by atoms with Crippen LogP contribution in [0.1, 0.15) is 26.7 Å². The van der Waals surface area contributed by atoms with E-state index in [1.54, 1.807) is 29.2 Å². The number of carbonyl (C=O) groups is 2. The van der Waals surface area contributed by atoms with E-state index in [0.717, 1.165) is 12.8 Å². The van der Waals surface area contributed by atoms with Crippen molar-refractivity contribution in [2.75, 3.05) is 19.7 Å². The molecular weight excluding hydrogens is 316 g/mol. The number of likely N-dealkylation sites (tertiary alicyclic amines) is 1. The zero-order valence-electron chi connectivity index (χ0n) is 13.5. The van der Waals surface area contributed by atoms with E-state index in [9.17, 15) is 9.59 Å². The molecule has 0 saturated carbocycles. The van der Waals surface area contributed by atoms with Gasteiger partial charge in [-0.3, -0.25) is 9.59 Å². The SMILES string of the molecule is CC(C)C(=O)NC1CCN(C(=O)COc2ccc(Cl)cc2)CC1. The molecule has 1 aromatic rings. The first kappa shape index (κ1) is 17.6. The molecule has 0 unspecified atom stereocenters. The second-order valence-corrected chi connectivity index (χ2v) is 6.50. The number of amides is 2. The maximum absolute atomic E-state index is 12.2. The Labute approximate surface area is 141 Å². The summed E-state index contributed by atoms with van der Waals surface area (Å²) in [6, 6.07) is 7.09. The molecule has 1 saturated heterocycles. The summed E-state index contributed by atoms with van der Waals surface area (Å²) in [4.78, 5) is 25.6. The Hall–Kier alpha value is -1.75. The summed E-state index contributed by atoms with van der Waals surface area (Å²) >= 11 is 5.80. The highest BCUT2D eigenvalue weighted by Crippen LogP contribution is 2.16. The molecule has 5 nitrogen and oxygen atoms in total. The largest absolute Gasteiger partial charge is 0.484 e. The first-order chi connectivity index (χ1) is 11.0. The molecule has 0 radical (unpaired) electrons. The third-order valence-electron chi connectivity index (χ3n) is 3.89. The number of nitrogens with zero attached hydrogens (tertiary/aromatic N) is 1. The predicted octanol–water partition coefficient (Wildman–Crippen LogP) is 2.48. The van der Waals surface area contributed by atoms with Crippen molar-refractivity contribution in [2.24, 2.45) is 5.92 Å². The van der Waals surface area contributed by atoms with E-state index in [4.69, 9.17) is 16.3 Å². The number of hydrogen-bond donors (Lipinski definition) is 1. The first-order valence-corrected chi connectivity index (χ1v) is 8.30. The van der Waals surface area contributed by atoms with E-state index in [0.29, 0.717) is 23.9 Å². The van der Waals surface area contributed by atoms with Crippen molar-refractivity contribution in [3.63, 3.8) is 0 Å². The van der Waals surface area contributed by atoms with Gasteiger partial charge in [-0.15, -0.1) is 0 Å². The number of nitrogens with one attached hydrogen (secondary N) is 1. The third-order valence-corrected chi connectivity index (χ3v) is 4.15. The summed E-state index contributed by atoms with van der Waals surface area (Å²) in [5, 5.41) is 3.65. The van der Waals surface area contributed by atoms with Crippen LogP contribution in [0, 0.1) is 5.92 Å². The van der Waals surface area contributed by atoms with E-state index in [2.05, 4.69) is 5.32 Å². The molecule has 126 valence electrons. The maximum atomic E-state index is 12.2. The molecule has 1 aliphatic rings. The topological polar surface area (TPSA) is 58.6 Å². The number of piperidine rings is 1. The number of benzene rings is 1. The zero-order chi connectivity index (χ0) is 16.8. The highest BCUT2D eigenvalue weighted by Gasteiger charge is 2.24. The summed E-state index contributed by atoms with van der Waals surface area (Å²) in [5.74, 6) is 0.652. The molecule has 1 N–H and O–H groups in total. The molecule has 1 aromatic carbocycles. The molecular formula is C17H23ClN2O3. The van der Waals surface area contributed by atoms with Crippen molar-refractivity contribution in [3.8, 4) is 5.75 Å². The molecule has 0 bridgehead atoms. The summed E-state index contributed by atoms with van der Waals surface area (Å²) in [6.07, 6.45) is 1.57. The van der Waals surface area contributed by atoms with E-state index in [-0.39, 0.29) is 30.4 Å². The quantitative estimate of drug-likeness (QED) is 0.897.